The minimum atomic E-state index is 0.0369. The third-order valence-electron chi connectivity index (χ3n) is 5.67. The number of nitrogens with zero attached hydrogens (tertiary/aromatic N) is 3. The molecule has 0 unspecified atom stereocenters. The average Bonchev–Trinajstić information content (AvgIpc) is 3.24. The van der Waals surface area contributed by atoms with E-state index in [-0.39, 0.29) is 12.0 Å². The molecule has 2 fully saturated rings. The number of aromatic nitrogens is 2. The second kappa shape index (κ2) is 6.67. The van der Waals surface area contributed by atoms with Crippen LogP contribution in [0.15, 0.2) is 42.7 Å². The molecule has 4 rings (SSSR count). The second-order valence-corrected chi connectivity index (χ2v) is 7.18. The van der Waals surface area contributed by atoms with E-state index in [0.717, 1.165) is 45.8 Å². The monoisotopic (exact) mass is 327 g/mol. The van der Waals surface area contributed by atoms with Crippen LogP contribution in [-0.4, -0.2) is 52.7 Å². The number of hydrogen-bond acceptors (Lipinski definition) is 4. The molecule has 128 valence electrons. The van der Waals surface area contributed by atoms with E-state index in [1.165, 1.54) is 11.1 Å². The molecule has 24 heavy (non-hydrogen) atoms. The maximum Gasteiger partial charge on any atom is 0.0662 e. The molecule has 2 atom stereocenters. The van der Waals surface area contributed by atoms with Gasteiger partial charge in [0.25, 0.3) is 0 Å². The van der Waals surface area contributed by atoms with E-state index in [1.54, 1.807) is 0 Å². The molecule has 1 aromatic carbocycles. The Labute approximate surface area is 142 Å². The van der Waals surface area contributed by atoms with Crippen LogP contribution >= 0.6 is 0 Å². The number of likely N-dealkylation sites (tertiary alicyclic amines) is 1. The van der Waals surface area contributed by atoms with Crippen molar-refractivity contribution in [3.05, 3.63) is 53.9 Å². The Balaban J connectivity index is 1.50. The van der Waals surface area contributed by atoms with Crippen LogP contribution in [0, 0.1) is 11.3 Å². The summed E-state index contributed by atoms with van der Waals surface area (Å²) in [6.07, 6.45) is 4.79. The number of ether oxygens (including phenoxy) is 1. The Morgan fingerprint density at radius 2 is 2.04 bits per heavy atom. The van der Waals surface area contributed by atoms with Gasteiger partial charge in [-0.05, 0) is 23.6 Å². The third kappa shape index (κ3) is 2.99. The lowest BCUT2D eigenvalue weighted by Crippen LogP contribution is -2.41. The molecule has 0 bridgehead atoms. The van der Waals surface area contributed by atoms with E-state index < -0.39 is 0 Å². The Morgan fingerprint density at radius 3 is 2.75 bits per heavy atom. The van der Waals surface area contributed by atoms with Gasteiger partial charge in [-0.25, -0.2) is 0 Å². The zero-order chi connectivity index (χ0) is 16.4. The van der Waals surface area contributed by atoms with E-state index >= 15 is 0 Å². The summed E-state index contributed by atoms with van der Waals surface area (Å²) in [6.45, 7) is 5.54. The molecule has 2 aromatic rings. The summed E-state index contributed by atoms with van der Waals surface area (Å²) in [4.78, 5) is 2.48. The van der Waals surface area contributed by atoms with Crippen LogP contribution < -0.4 is 0 Å². The van der Waals surface area contributed by atoms with Crippen molar-refractivity contribution in [3.8, 4) is 0 Å². The van der Waals surface area contributed by atoms with Crippen LogP contribution in [0.5, 0.6) is 0 Å². The summed E-state index contributed by atoms with van der Waals surface area (Å²) >= 11 is 0. The van der Waals surface area contributed by atoms with Gasteiger partial charge in [-0.2, -0.15) is 5.10 Å². The summed E-state index contributed by atoms with van der Waals surface area (Å²) in [6, 6.07) is 10.6. The summed E-state index contributed by atoms with van der Waals surface area (Å²) in [5.74, 6) is 0.453. The van der Waals surface area contributed by atoms with Crippen LogP contribution in [-0.2, 0) is 17.8 Å². The Morgan fingerprint density at radius 1 is 1.21 bits per heavy atom. The minimum absolute atomic E-state index is 0.0369. The molecule has 1 aromatic heterocycles. The molecule has 3 heterocycles. The lowest BCUT2D eigenvalue weighted by Gasteiger charge is -2.36. The Hall–Kier alpha value is -1.69. The largest absolute Gasteiger partial charge is 0.396 e. The highest BCUT2D eigenvalue weighted by molar-refractivity contribution is 5.27. The van der Waals surface area contributed by atoms with Gasteiger partial charge in [0.2, 0.25) is 0 Å². The topological polar surface area (TPSA) is 50.5 Å². The van der Waals surface area contributed by atoms with Crippen molar-refractivity contribution >= 4 is 0 Å². The van der Waals surface area contributed by atoms with Crippen LogP contribution in [0.25, 0.3) is 0 Å². The predicted octanol–water partition coefficient (Wildman–Crippen LogP) is 1.76. The van der Waals surface area contributed by atoms with Crippen molar-refractivity contribution in [2.75, 3.05) is 32.9 Å². The molecule has 0 radical (unpaired) electrons. The van der Waals surface area contributed by atoms with E-state index in [4.69, 9.17) is 4.74 Å². The highest BCUT2D eigenvalue weighted by atomic mass is 16.5. The number of benzene rings is 1. The lowest BCUT2D eigenvalue weighted by molar-refractivity contribution is -0.0417. The van der Waals surface area contributed by atoms with E-state index in [0.29, 0.717) is 5.92 Å². The summed E-state index contributed by atoms with van der Waals surface area (Å²) in [5, 5.41) is 14.3. The average molecular weight is 327 g/mol. The normalized spacial score (nSPS) is 27.3. The van der Waals surface area contributed by atoms with Crippen molar-refractivity contribution in [2.45, 2.75) is 19.5 Å². The molecular weight excluding hydrogens is 302 g/mol. The van der Waals surface area contributed by atoms with Crippen LogP contribution in [0.3, 0.4) is 0 Å². The van der Waals surface area contributed by atoms with Crippen molar-refractivity contribution in [1.29, 1.82) is 0 Å². The first kappa shape index (κ1) is 15.8. The van der Waals surface area contributed by atoms with Crippen molar-refractivity contribution < 1.29 is 9.84 Å². The lowest BCUT2D eigenvalue weighted by atomic mass is 9.75. The fourth-order valence-corrected chi connectivity index (χ4v) is 4.21. The van der Waals surface area contributed by atoms with Crippen molar-refractivity contribution in [1.82, 2.24) is 14.7 Å². The van der Waals surface area contributed by atoms with Gasteiger partial charge in [0.05, 0.1) is 19.8 Å². The number of fused-ring (bicyclic) bond motifs is 1. The van der Waals surface area contributed by atoms with E-state index in [9.17, 15) is 5.11 Å². The fraction of sp³-hybridized carbons (Fsp3) is 0.526. The van der Waals surface area contributed by atoms with Crippen LogP contribution in [0.2, 0.25) is 0 Å². The molecule has 5 heteroatoms. The molecule has 0 aliphatic carbocycles. The highest BCUT2D eigenvalue weighted by Gasteiger charge is 2.47. The summed E-state index contributed by atoms with van der Waals surface area (Å²) in [7, 11) is 0. The van der Waals surface area contributed by atoms with E-state index in [2.05, 4.69) is 34.3 Å². The third-order valence-corrected chi connectivity index (χ3v) is 5.67. The first-order valence-electron chi connectivity index (χ1n) is 8.74. The number of aliphatic hydroxyl groups is 1. The van der Waals surface area contributed by atoms with Crippen molar-refractivity contribution in [3.63, 3.8) is 0 Å². The molecular formula is C19H25N3O2. The molecule has 0 spiro atoms. The van der Waals surface area contributed by atoms with Gasteiger partial charge in [0, 0.05) is 50.0 Å². The Kier molecular flexibility index (Phi) is 4.39. The van der Waals surface area contributed by atoms with Gasteiger partial charge in [-0.1, -0.05) is 24.3 Å². The molecule has 0 saturated carbocycles. The van der Waals surface area contributed by atoms with Gasteiger partial charge in [0.1, 0.15) is 0 Å². The smallest absolute Gasteiger partial charge is 0.0662 e. The molecule has 0 amide bonds. The SMILES string of the molecule is OC[C@]12CCOC[C@H]1CN(Cc1ccccc1Cn1cccn1)C2. The molecule has 2 aliphatic rings. The highest BCUT2D eigenvalue weighted by Crippen LogP contribution is 2.42. The molecule has 2 aliphatic heterocycles. The van der Waals surface area contributed by atoms with Crippen LogP contribution in [0.1, 0.15) is 17.5 Å². The van der Waals surface area contributed by atoms with Gasteiger partial charge in [-0.3, -0.25) is 9.58 Å². The molecule has 1 N–H and O–H groups in total. The van der Waals surface area contributed by atoms with Gasteiger partial charge >= 0.3 is 0 Å². The zero-order valence-electron chi connectivity index (χ0n) is 14.0. The minimum Gasteiger partial charge on any atom is -0.396 e. The van der Waals surface area contributed by atoms with E-state index in [1.807, 2.05) is 23.1 Å². The van der Waals surface area contributed by atoms with Crippen LogP contribution in [0.4, 0.5) is 0 Å². The maximum atomic E-state index is 9.97. The predicted molar refractivity (Wildman–Crippen MR) is 91.5 cm³/mol. The Bertz CT molecular complexity index is 673. The second-order valence-electron chi connectivity index (χ2n) is 7.18. The van der Waals surface area contributed by atoms with Gasteiger partial charge < -0.3 is 9.84 Å². The standard InChI is InChI=1S/C19H25N3O2/c23-15-19-6-9-24-13-18(19)12-21(14-19)10-16-4-1-2-5-17(16)11-22-8-3-7-20-22/h1-5,7-8,18,23H,6,9-15H2/t18-,19-/m1/s1. The molecule has 5 nitrogen and oxygen atoms in total. The summed E-state index contributed by atoms with van der Waals surface area (Å²) < 4.78 is 7.62. The first-order valence-corrected chi connectivity index (χ1v) is 8.74. The number of rotatable bonds is 5. The molecule has 2 saturated heterocycles. The van der Waals surface area contributed by atoms with Gasteiger partial charge in [-0.15, -0.1) is 0 Å². The zero-order valence-corrected chi connectivity index (χ0v) is 14.0. The quantitative estimate of drug-likeness (QED) is 0.909. The number of hydrogen-bond donors (Lipinski definition) is 1. The van der Waals surface area contributed by atoms with Gasteiger partial charge in [0.15, 0.2) is 0 Å². The summed E-state index contributed by atoms with van der Waals surface area (Å²) in [5.41, 5.74) is 2.70. The van der Waals surface area contributed by atoms with Crippen molar-refractivity contribution in [2.24, 2.45) is 11.3 Å². The fourth-order valence-electron chi connectivity index (χ4n) is 4.21. The first-order chi connectivity index (χ1) is 11.8. The maximum absolute atomic E-state index is 9.97. The number of aliphatic hydroxyl groups excluding tert-OH is 1.